The van der Waals surface area contributed by atoms with Crippen LogP contribution in [0, 0.1) is 6.92 Å². The highest BCUT2D eigenvalue weighted by Gasteiger charge is 2.12. The first-order valence-electron chi connectivity index (χ1n) is 5.63. The number of benzene rings is 1. The molecule has 0 atom stereocenters. The Morgan fingerprint density at radius 1 is 1.26 bits per heavy atom. The molecule has 1 aromatic carbocycles. The summed E-state index contributed by atoms with van der Waals surface area (Å²) in [6.07, 6.45) is 2.78. The summed E-state index contributed by atoms with van der Waals surface area (Å²) in [5.41, 5.74) is 1.71. The van der Waals surface area contributed by atoms with E-state index in [0.717, 1.165) is 11.8 Å². The smallest absolute Gasteiger partial charge is 0.272 e. The fourth-order valence-electron chi connectivity index (χ4n) is 1.63. The zero-order valence-corrected chi connectivity index (χ0v) is 11.4. The van der Waals surface area contributed by atoms with Crippen molar-refractivity contribution in [2.75, 3.05) is 11.6 Å². The number of aryl methyl sites for hydroxylation is 1. The van der Waals surface area contributed by atoms with Crippen LogP contribution in [0.15, 0.2) is 41.4 Å². The van der Waals surface area contributed by atoms with Crippen molar-refractivity contribution in [3.63, 3.8) is 0 Å². The molecule has 0 fully saturated rings. The molecule has 2 rings (SSSR count). The van der Waals surface area contributed by atoms with Crippen molar-refractivity contribution < 1.29 is 13.2 Å². The van der Waals surface area contributed by atoms with Crippen LogP contribution in [-0.2, 0) is 9.84 Å². The highest BCUT2D eigenvalue weighted by molar-refractivity contribution is 7.90. The molecule has 19 heavy (non-hydrogen) atoms. The number of aromatic amines is 1. The third-order valence-electron chi connectivity index (χ3n) is 2.73. The Morgan fingerprint density at radius 2 is 2.00 bits per heavy atom. The van der Waals surface area contributed by atoms with Gasteiger partial charge in [0.1, 0.15) is 5.69 Å². The Bertz CT molecular complexity index is 703. The molecule has 1 aromatic heterocycles. The van der Waals surface area contributed by atoms with Crippen LogP contribution in [0.4, 0.5) is 5.69 Å². The van der Waals surface area contributed by atoms with Crippen LogP contribution >= 0.6 is 0 Å². The summed E-state index contributed by atoms with van der Waals surface area (Å²) in [6.45, 7) is 1.80. The number of rotatable bonds is 3. The van der Waals surface area contributed by atoms with Crippen LogP contribution in [0.1, 0.15) is 16.1 Å². The van der Waals surface area contributed by atoms with E-state index < -0.39 is 9.84 Å². The number of nitrogens with one attached hydrogen (secondary N) is 2. The maximum Gasteiger partial charge on any atom is 0.272 e. The van der Waals surface area contributed by atoms with E-state index >= 15 is 0 Å². The zero-order chi connectivity index (χ0) is 14.0. The molecular weight excluding hydrogens is 264 g/mol. The van der Waals surface area contributed by atoms with Gasteiger partial charge in [-0.05, 0) is 36.8 Å². The Morgan fingerprint density at radius 3 is 2.58 bits per heavy atom. The highest BCUT2D eigenvalue weighted by Crippen LogP contribution is 2.20. The van der Waals surface area contributed by atoms with Gasteiger partial charge in [-0.2, -0.15) is 0 Å². The molecule has 2 N–H and O–H groups in total. The van der Waals surface area contributed by atoms with E-state index in [1.54, 1.807) is 31.3 Å². The van der Waals surface area contributed by atoms with E-state index in [-0.39, 0.29) is 10.8 Å². The molecule has 0 aliphatic rings. The molecular formula is C13H14N2O3S. The molecule has 6 heteroatoms. The van der Waals surface area contributed by atoms with Crippen molar-refractivity contribution in [3.05, 3.63) is 47.8 Å². The number of hydrogen-bond donors (Lipinski definition) is 2. The number of aromatic nitrogens is 1. The average molecular weight is 278 g/mol. The lowest BCUT2D eigenvalue weighted by molar-refractivity contribution is 0.102. The Labute approximate surface area is 111 Å². The van der Waals surface area contributed by atoms with Gasteiger partial charge in [0.2, 0.25) is 0 Å². The van der Waals surface area contributed by atoms with E-state index in [9.17, 15) is 13.2 Å². The zero-order valence-electron chi connectivity index (χ0n) is 10.6. The summed E-state index contributed by atoms with van der Waals surface area (Å²) in [4.78, 5) is 14.9. The summed E-state index contributed by atoms with van der Waals surface area (Å²) >= 11 is 0. The van der Waals surface area contributed by atoms with Crippen molar-refractivity contribution in [1.82, 2.24) is 4.98 Å². The van der Waals surface area contributed by atoms with Gasteiger partial charge in [-0.15, -0.1) is 0 Å². The quantitative estimate of drug-likeness (QED) is 0.901. The number of H-pyrrole nitrogens is 1. The minimum absolute atomic E-state index is 0.180. The fourth-order valence-corrected chi connectivity index (χ4v) is 2.27. The highest BCUT2D eigenvalue weighted by atomic mass is 32.2. The third kappa shape index (κ3) is 3.03. The van der Waals surface area contributed by atoms with E-state index in [2.05, 4.69) is 10.3 Å². The predicted octanol–water partition coefficient (Wildman–Crippen LogP) is 1.98. The van der Waals surface area contributed by atoms with E-state index in [1.807, 2.05) is 0 Å². The second-order valence-electron chi connectivity index (χ2n) is 4.29. The summed E-state index contributed by atoms with van der Waals surface area (Å²) in [5.74, 6) is -0.307. The first-order valence-corrected chi connectivity index (χ1v) is 7.52. The van der Waals surface area contributed by atoms with Gasteiger partial charge in [-0.25, -0.2) is 8.42 Å². The van der Waals surface area contributed by atoms with Crippen LogP contribution in [0.3, 0.4) is 0 Å². The molecule has 0 aliphatic carbocycles. The summed E-state index contributed by atoms with van der Waals surface area (Å²) in [7, 11) is -3.29. The molecule has 0 saturated carbocycles. The first kappa shape index (κ1) is 13.4. The lowest BCUT2D eigenvalue weighted by Crippen LogP contribution is -2.13. The average Bonchev–Trinajstić information content (AvgIpc) is 2.84. The maximum atomic E-state index is 11.9. The topological polar surface area (TPSA) is 79.0 Å². The van der Waals surface area contributed by atoms with Crippen molar-refractivity contribution in [2.45, 2.75) is 11.8 Å². The fraction of sp³-hybridized carbons (Fsp3) is 0.154. The molecule has 0 spiro atoms. The van der Waals surface area contributed by atoms with Gasteiger partial charge in [-0.3, -0.25) is 4.79 Å². The number of anilines is 1. The van der Waals surface area contributed by atoms with Gasteiger partial charge < -0.3 is 10.3 Å². The minimum atomic E-state index is -3.29. The molecule has 0 saturated heterocycles. The van der Waals surface area contributed by atoms with Crippen LogP contribution in [0.5, 0.6) is 0 Å². The summed E-state index contributed by atoms with van der Waals surface area (Å²) in [5, 5.41) is 2.69. The van der Waals surface area contributed by atoms with Gasteiger partial charge in [-0.1, -0.05) is 6.07 Å². The molecule has 0 aliphatic heterocycles. The minimum Gasteiger partial charge on any atom is -0.357 e. The SMILES string of the molecule is Cc1ccc(S(C)(=O)=O)cc1NC(=O)c1ccc[nH]1. The van der Waals surface area contributed by atoms with E-state index in [0.29, 0.717) is 11.4 Å². The molecule has 5 nitrogen and oxygen atoms in total. The molecule has 1 heterocycles. The van der Waals surface area contributed by atoms with Gasteiger partial charge in [0.25, 0.3) is 5.91 Å². The monoisotopic (exact) mass is 278 g/mol. The van der Waals surface area contributed by atoms with Gasteiger partial charge >= 0.3 is 0 Å². The maximum absolute atomic E-state index is 11.9. The van der Waals surface area contributed by atoms with E-state index in [4.69, 9.17) is 0 Å². The summed E-state index contributed by atoms with van der Waals surface area (Å²) < 4.78 is 23.0. The number of carbonyl (C=O) groups excluding carboxylic acids is 1. The van der Waals surface area contributed by atoms with E-state index in [1.165, 1.54) is 12.1 Å². The molecule has 0 radical (unpaired) electrons. The Hall–Kier alpha value is -2.08. The van der Waals surface area contributed by atoms with Crippen molar-refractivity contribution in [1.29, 1.82) is 0 Å². The van der Waals surface area contributed by atoms with Crippen LogP contribution < -0.4 is 5.32 Å². The van der Waals surface area contributed by atoms with Crippen LogP contribution in [0.25, 0.3) is 0 Å². The standard InChI is InChI=1S/C13H14N2O3S/c1-9-5-6-10(19(2,17)18)8-12(9)15-13(16)11-4-3-7-14-11/h3-8,14H,1-2H3,(H,15,16). The van der Waals surface area contributed by atoms with Gasteiger partial charge in [0.15, 0.2) is 9.84 Å². The number of sulfone groups is 1. The number of amides is 1. The molecule has 1 amide bonds. The largest absolute Gasteiger partial charge is 0.357 e. The van der Waals surface area contributed by atoms with Crippen molar-refractivity contribution >= 4 is 21.4 Å². The second kappa shape index (κ2) is 4.89. The Balaban J connectivity index is 2.32. The molecule has 2 aromatic rings. The second-order valence-corrected chi connectivity index (χ2v) is 6.30. The molecule has 0 bridgehead atoms. The summed E-state index contributed by atoms with van der Waals surface area (Å²) in [6, 6.07) is 8.01. The third-order valence-corrected chi connectivity index (χ3v) is 3.84. The predicted molar refractivity (Wildman–Crippen MR) is 73.0 cm³/mol. The lowest BCUT2D eigenvalue weighted by atomic mass is 10.2. The molecule has 0 unspecified atom stereocenters. The number of carbonyl (C=O) groups is 1. The van der Waals surface area contributed by atoms with Crippen LogP contribution in [-0.4, -0.2) is 25.6 Å². The van der Waals surface area contributed by atoms with Crippen molar-refractivity contribution in [3.8, 4) is 0 Å². The lowest BCUT2D eigenvalue weighted by Gasteiger charge is -2.09. The van der Waals surface area contributed by atoms with Crippen molar-refractivity contribution in [2.24, 2.45) is 0 Å². The van der Waals surface area contributed by atoms with Gasteiger partial charge in [0.05, 0.1) is 4.90 Å². The van der Waals surface area contributed by atoms with Crippen LogP contribution in [0.2, 0.25) is 0 Å². The Kier molecular flexibility index (Phi) is 3.44. The molecule has 100 valence electrons. The normalized spacial score (nSPS) is 11.3. The van der Waals surface area contributed by atoms with Gasteiger partial charge in [0, 0.05) is 18.1 Å². The number of hydrogen-bond acceptors (Lipinski definition) is 3. The first-order chi connectivity index (χ1) is 8.88.